The molecular formula is C19H15NO2S. The molecule has 2 aromatic carbocycles. The largest absolute Gasteiger partial charge is 0.507 e. The number of carbonyl (C=O) groups is 1. The van der Waals surface area contributed by atoms with Crippen molar-refractivity contribution in [2.45, 2.75) is 6.92 Å². The summed E-state index contributed by atoms with van der Waals surface area (Å²) < 4.78 is 0. The topological polar surface area (TPSA) is 50.2 Å². The molecule has 0 radical (unpaired) electrons. The van der Waals surface area contributed by atoms with Gasteiger partial charge in [0.15, 0.2) is 5.78 Å². The van der Waals surface area contributed by atoms with Crippen LogP contribution in [0, 0.1) is 6.92 Å². The predicted octanol–water partition coefficient (Wildman–Crippen LogP) is 4.72. The van der Waals surface area contributed by atoms with Gasteiger partial charge in [-0.2, -0.15) is 0 Å². The van der Waals surface area contributed by atoms with Gasteiger partial charge in [0.2, 0.25) is 0 Å². The number of aromatic hydroxyl groups is 1. The minimum Gasteiger partial charge on any atom is -0.507 e. The summed E-state index contributed by atoms with van der Waals surface area (Å²) in [5, 5.41) is 12.5. The molecule has 3 nitrogen and oxygen atoms in total. The van der Waals surface area contributed by atoms with Crippen LogP contribution in [0.25, 0.3) is 16.6 Å². The SMILES string of the molecule is Cc1cccc(-c2nc(/C=C/C(=O)c3ccccc3O)cs2)c1. The molecule has 3 rings (SSSR count). The Morgan fingerprint density at radius 1 is 1.17 bits per heavy atom. The molecule has 23 heavy (non-hydrogen) atoms. The Kier molecular flexibility index (Phi) is 4.35. The summed E-state index contributed by atoms with van der Waals surface area (Å²) in [6, 6.07) is 14.7. The van der Waals surface area contributed by atoms with Crippen LogP contribution in [0.2, 0.25) is 0 Å². The highest BCUT2D eigenvalue weighted by Gasteiger charge is 2.07. The van der Waals surface area contributed by atoms with Gasteiger partial charge in [-0.1, -0.05) is 35.9 Å². The molecule has 0 bridgehead atoms. The molecule has 4 heteroatoms. The number of benzene rings is 2. The van der Waals surface area contributed by atoms with Crippen molar-refractivity contribution in [2.75, 3.05) is 0 Å². The van der Waals surface area contributed by atoms with Crippen molar-refractivity contribution in [2.24, 2.45) is 0 Å². The van der Waals surface area contributed by atoms with E-state index in [0.29, 0.717) is 0 Å². The number of aryl methyl sites for hydroxylation is 1. The van der Waals surface area contributed by atoms with Gasteiger partial charge in [0.1, 0.15) is 10.8 Å². The van der Waals surface area contributed by atoms with Gasteiger partial charge in [-0.05, 0) is 37.3 Å². The van der Waals surface area contributed by atoms with Gasteiger partial charge in [-0.3, -0.25) is 4.79 Å². The molecule has 0 aliphatic carbocycles. The first kappa shape index (κ1) is 15.2. The maximum absolute atomic E-state index is 12.1. The molecule has 0 spiro atoms. The van der Waals surface area contributed by atoms with Crippen molar-refractivity contribution in [3.63, 3.8) is 0 Å². The second-order valence-electron chi connectivity index (χ2n) is 5.16. The van der Waals surface area contributed by atoms with E-state index in [2.05, 4.69) is 11.1 Å². The van der Waals surface area contributed by atoms with Crippen molar-refractivity contribution < 1.29 is 9.90 Å². The van der Waals surface area contributed by atoms with Crippen molar-refractivity contribution >= 4 is 23.2 Å². The number of aromatic nitrogens is 1. The minimum atomic E-state index is -0.242. The van der Waals surface area contributed by atoms with Crippen LogP contribution >= 0.6 is 11.3 Å². The third kappa shape index (κ3) is 3.55. The summed E-state index contributed by atoms with van der Waals surface area (Å²) in [6.07, 6.45) is 3.11. The smallest absolute Gasteiger partial charge is 0.189 e. The maximum Gasteiger partial charge on any atom is 0.189 e. The molecule has 0 saturated carbocycles. The van der Waals surface area contributed by atoms with Crippen LogP contribution in [0.4, 0.5) is 0 Å². The van der Waals surface area contributed by atoms with Gasteiger partial charge >= 0.3 is 0 Å². The number of phenolic OH excluding ortho intramolecular Hbond substituents is 1. The lowest BCUT2D eigenvalue weighted by Gasteiger charge is -1.98. The Bertz CT molecular complexity index is 880. The molecule has 1 heterocycles. The van der Waals surface area contributed by atoms with Gasteiger partial charge in [0.05, 0.1) is 11.3 Å². The van der Waals surface area contributed by atoms with Crippen molar-refractivity contribution in [3.05, 3.63) is 76.8 Å². The lowest BCUT2D eigenvalue weighted by molar-refractivity contribution is 0.104. The number of hydrogen-bond donors (Lipinski definition) is 1. The van der Waals surface area contributed by atoms with Crippen LogP contribution in [-0.2, 0) is 0 Å². The number of nitrogens with zero attached hydrogens (tertiary/aromatic N) is 1. The number of thiazole rings is 1. The average molecular weight is 321 g/mol. The second kappa shape index (κ2) is 6.58. The summed E-state index contributed by atoms with van der Waals surface area (Å²) in [6.45, 7) is 2.04. The fraction of sp³-hybridized carbons (Fsp3) is 0.0526. The third-order valence-corrected chi connectivity index (χ3v) is 4.27. The summed E-state index contributed by atoms with van der Waals surface area (Å²) in [5.41, 5.74) is 3.28. The van der Waals surface area contributed by atoms with E-state index in [9.17, 15) is 9.90 Å². The molecular weight excluding hydrogens is 306 g/mol. The van der Waals surface area contributed by atoms with E-state index >= 15 is 0 Å². The number of allylic oxidation sites excluding steroid dienone is 1. The lowest BCUT2D eigenvalue weighted by Crippen LogP contribution is -1.94. The number of hydrogen-bond acceptors (Lipinski definition) is 4. The maximum atomic E-state index is 12.1. The Hall–Kier alpha value is -2.72. The minimum absolute atomic E-state index is 0.0131. The van der Waals surface area contributed by atoms with Crippen LogP contribution in [0.1, 0.15) is 21.6 Å². The number of phenols is 1. The molecule has 0 aliphatic rings. The first-order valence-electron chi connectivity index (χ1n) is 7.16. The number of rotatable bonds is 4. The Morgan fingerprint density at radius 2 is 2.00 bits per heavy atom. The molecule has 1 aromatic heterocycles. The molecule has 3 aromatic rings. The summed E-state index contributed by atoms with van der Waals surface area (Å²) >= 11 is 1.54. The average Bonchev–Trinajstić information content (AvgIpc) is 3.02. The van der Waals surface area contributed by atoms with E-state index in [0.717, 1.165) is 16.3 Å². The summed E-state index contributed by atoms with van der Waals surface area (Å²) in [7, 11) is 0. The first-order chi connectivity index (χ1) is 11.1. The van der Waals surface area contributed by atoms with E-state index in [1.807, 2.05) is 30.5 Å². The van der Waals surface area contributed by atoms with Crippen molar-refractivity contribution in [1.82, 2.24) is 4.98 Å². The molecule has 0 saturated heterocycles. The standard InChI is InChI=1S/C19H15NO2S/c1-13-5-4-6-14(11-13)19-20-15(12-23-19)9-10-18(22)16-7-2-3-8-17(16)21/h2-12,21H,1H3/b10-9+. The highest BCUT2D eigenvalue weighted by Crippen LogP contribution is 2.25. The lowest BCUT2D eigenvalue weighted by atomic mass is 10.1. The molecule has 114 valence electrons. The zero-order valence-corrected chi connectivity index (χ0v) is 13.4. The number of para-hydroxylation sites is 1. The molecule has 0 fully saturated rings. The molecule has 0 aliphatic heterocycles. The fourth-order valence-electron chi connectivity index (χ4n) is 2.21. The zero-order valence-electron chi connectivity index (χ0n) is 12.6. The van der Waals surface area contributed by atoms with E-state index in [1.165, 1.54) is 29.0 Å². The molecule has 0 amide bonds. The van der Waals surface area contributed by atoms with Crippen LogP contribution in [0.5, 0.6) is 5.75 Å². The Balaban J connectivity index is 1.79. The second-order valence-corrected chi connectivity index (χ2v) is 6.02. The number of ketones is 1. The quantitative estimate of drug-likeness (QED) is 0.559. The van der Waals surface area contributed by atoms with E-state index < -0.39 is 0 Å². The van der Waals surface area contributed by atoms with Crippen LogP contribution < -0.4 is 0 Å². The van der Waals surface area contributed by atoms with Gasteiger partial charge in [0.25, 0.3) is 0 Å². The van der Waals surface area contributed by atoms with E-state index in [-0.39, 0.29) is 17.1 Å². The Labute approximate surface area is 138 Å². The molecule has 1 N–H and O–H groups in total. The monoisotopic (exact) mass is 321 g/mol. The summed E-state index contributed by atoms with van der Waals surface area (Å²) in [4.78, 5) is 16.6. The third-order valence-electron chi connectivity index (χ3n) is 3.36. The normalized spacial score (nSPS) is 11.0. The predicted molar refractivity (Wildman–Crippen MR) is 93.8 cm³/mol. The first-order valence-corrected chi connectivity index (χ1v) is 8.04. The molecule has 0 unspecified atom stereocenters. The van der Waals surface area contributed by atoms with Gasteiger partial charge in [-0.25, -0.2) is 4.98 Å². The highest BCUT2D eigenvalue weighted by atomic mass is 32.1. The number of carbonyl (C=O) groups excluding carboxylic acids is 1. The highest BCUT2D eigenvalue weighted by molar-refractivity contribution is 7.13. The van der Waals surface area contributed by atoms with E-state index in [4.69, 9.17) is 0 Å². The van der Waals surface area contributed by atoms with Crippen LogP contribution in [-0.4, -0.2) is 15.9 Å². The van der Waals surface area contributed by atoms with Gasteiger partial charge in [-0.15, -0.1) is 11.3 Å². The van der Waals surface area contributed by atoms with Gasteiger partial charge in [0, 0.05) is 10.9 Å². The fourth-order valence-corrected chi connectivity index (χ4v) is 2.99. The van der Waals surface area contributed by atoms with Crippen molar-refractivity contribution in [3.8, 4) is 16.3 Å². The van der Waals surface area contributed by atoms with Gasteiger partial charge < -0.3 is 5.11 Å². The Morgan fingerprint density at radius 3 is 2.78 bits per heavy atom. The summed E-state index contributed by atoms with van der Waals surface area (Å²) in [5.74, 6) is -0.255. The van der Waals surface area contributed by atoms with E-state index in [1.54, 1.807) is 24.3 Å². The van der Waals surface area contributed by atoms with Crippen molar-refractivity contribution in [1.29, 1.82) is 0 Å². The van der Waals surface area contributed by atoms with Crippen LogP contribution in [0.3, 0.4) is 0 Å². The van der Waals surface area contributed by atoms with Crippen LogP contribution in [0.15, 0.2) is 60.0 Å². The molecule has 0 atom stereocenters. The zero-order chi connectivity index (χ0) is 16.2.